The summed E-state index contributed by atoms with van der Waals surface area (Å²) in [6.45, 7) is 1.29. The maximum absolute atomic E-state index is 9.02. The Morgan fingerprint density at radius 3 is 3.00 bits per heavy atom. The lowest BCUT2D eigenvalue weighted by Gasteiger charge is -2.22. The van der Waals surface area contributed by atoms with E-state index in [9.17, 15) is 0 Å². The zero-order chi connectivity index (χ0) is 12.8. The molecule has 1 saturated heterocycles. The van der Waals surface area contributed by atoms with Gasteiger partial charge in [-0.05, 0) is 31.4 Å². The normalized spacial score (nSPS) is 19.0. The van der Waals surface area contributed by atoms with Crippen LogP contribution >= 0.6 is 0 Å². The van der Waals surface area contributed by atoms with Crippen LogP contribution in [0.2, 0.25) is 0 Å². The summed E-state index contributed by atoms with van der Waals surface area (Å²) in [5.74, 6) is 1.25. The van der Waals surface area contributed by atoms with Crippen molar-refractivity contribution < 1.29 is 14.2 Å². The number of ether oxygens (including phenoxy) is 3. The van der Waals surface area contributed by atoms with Gasteiger partial charge in [0, 0.05) is 12.7 Å². The first-order chi connectivity index (χ1) is 8.83. The molecule has 1 aromatic rings. The van der Waals surface area contributed by atoms with Crippen LogP contribution in [0.3, 0.4) is 0 Å². The minimum Gasteiger partial charge on any atom is -0.497 e. The molecule has 1 fully saturated rings. The smallest absolute Gasteiger partial charge is 0.140 e. The molecule has 1 aromatic carbocycles. The molecule has 0 aromatic heterocycles. The molecule has 4 heteroatoms. The van der Waals surface area contributed by atoms with Crippen LogP contribution in [0.15, 0.2) is 18.2 Å². The fourth-order valence-electron chi connectivity index (χ4n) is 1.96. The summed E-state index contributed by atoms with van der Waals surface area (Å²) >= 11 is 0. The van der Waals surface area contributed by atoms with Crippen LogP contribution < -0.4 is 9.47 Å². The van der Waals surface area contributed by atoms with Crippen molar-refractivity contribution in [2.75, 3.05) is 20.3 Å². The van der Waals surface area contributed by atoms with Crippen LogP contribution in [0, 0.1) is 11.3 Å². The molecule has 0 saturated carbocycles. The molecule has 96 valence electrons. The Kier molecular flexibility index (Phi) is 4.43. The molecule has 1 aliphatic heterocycles. The van der Waals surface area contributed by atoms with Crippen LogP contribution in [0.25, 0.3) is 0 Å². The van der Waals surface area contributed by atoms with Gasteiger partial charge >= 0.3 is 0 Å². The number of rotatable bonds is 4. The van der Waals surface area contributed by atoms with Gasteiger partial charge in [0.2, 0.25) is 0 Å². The standard InChI is InChI=1S/C14H17NO3/c1-16-12-6-5-11(9-15)14(8-12)18-10-13-4-2-3-7-17-13/h5-6,8,13H,2-4,7,10H2,1H3. The van der Waals surface area contributed by atoms with E-state index in [1.165, 1.54) is 6.42 Å². The number of methoxy groups -OCH3 is 1. The van der Waals surface area contributed by atoms with Gasteiger partial charge in [0.1, 0.15) is 24.2 Å². The van der Waals surface area contributed by atoms with Crippen molar-refractivity contribution >= 4 is 0 Å². The van der Waals surface area contributed by atoms with Crippen LogP contribution in [0.5, 0.6) is 11.5 Å². The average molecular weight is 247 g/mol. The van der Waals surface area contributed by atoms with E-state index in [0.717, 1.165) is 19.4 Å². The molecular weight excluding hydrogens is 230 g/mol. The minimum atomic E-state index is 0.136. The van der Waals surface area contributed by atoms with E-state index in [2.05, 4.69) is 6.07 Å². The summed E-state index contributed by atoms with van der Waals surface area (Å²) in [5.41, 5.74) is 0.520. The SMILES string of the molecule is COc1ccc(C#N)c(OCC2CCCCO2)c1. The van der Waals surface area contributed by atoms with Gasteiger partial charge in [-0.3, -0.25) is 0 Å². The van der Waals surface area contributed by atoms with Gasteiger partial charge in [-0.25, -0.2) is 0 Å². The first-order valence-corrected chi connectivity index (χ1v) is 6.16. The van der Waals surface area contributed by atoms with E-state index in [-0.39, 0.29) is 6.10 Å². The third-order valence-corrected chi connectivity index (χ3v) is 3.01. The highest BCUT2D eigenvalue weighted by Gasteiger charge is 2.15. The van der Waals surface area contributed by atoms with E-state index in [1.807, 2.05) is 0 Å². The highest BCUT2D eigenvalue weighted by Crippen LogP contribution is 2.25. The lowest BCUT2D eigenvalue weighted by atomic mass is 10.1. The molecule has 1 heterocycles. The topological polar surface area (TPSA) is 51.5 Å². The number of benzene rings is 1. The van der Waals surface area contributed by atoms with E-state index in [1.54, 1.807) is 25.3 Å². The summed E-state index contributed by atoms with van der Waals surface area (Å²) in [5, 5.41) is 9.02. The van der Waals surface area contributed by atoms with Crippen molar-refractivity contribution in [2.45, 2.75) is 25.4 Å². The van der Waals surface area contributed by atoms with E-state index in [0.29, 0.717) is 23.7 Å². The Hall–Kier alpha value is -1.73. The van der Waals surface area contributed by atoms with Crippen LogP contribution in [0.4, 0.5) is 0 Å². The summed E-state index contributed by atoms with van der Waals surface area (Å²) in [4.78, 5) is 0. The van der Waals surface area contributed by atoms with Crippen molar-refractivity contribution in [1.29, 1.82) is 5.26 Å². The van der Waals surface area contributed by atoms with Crippen LogP contribution in [0.1, 0.15) is 24.8 Å². The number of hydrogen-bond donors (Lipinski definition) is 0. The van der Waals surface area contributed by atoms with E-state index >= 15 is 0 Å². The first-order valence-electron chi connectivity index (χ1n) is 6.16. The minimum absolute atomic E-state index is 0.136. The fraction of sp³-hybridized carbons (Fsp3) is 0.500. The maximum atomic E-state index is 9.02. The molecule has 0 N–H and O–H groups in total. The lowest BCUT2D eigenvalue weighted by molar-refractivity contribution is -0.0111. The van der Waals surface area contributed by atoms with Crippen molar-refractivity contribution in [2.24, 2.45) is 0 Å². The van der Waals surface area contributed by atoms with Gasteiger partial charge in [-0.2, -0.15) is 5.26 Å². The molecule has 0 aliphatic carbocycles. The van der Waals surface area contributed by atoms with E-state index < -0.39 is 0 Å². The Morgan fingerprint density at radius 2 is 2.33 bits per heavy atom. The quantitative estimate of drug-likeness (QED) is 0.820. The molecule has 1 atom stereocenters. The molecule has 0 amide bonds. The molecule has 0 bridgehead atoms. The second kappa shape index (κ2) is 6.27. The highest BCUT2D eigenvalue weighted by molar-refractivity contribution is 5.47. The third-order valence-electron chi connectivity index (χ3n) is 3.01. The monoisotopic (exact) mass is 247 g/mol. The molecule has 0 spiro atoms. The zero-order valence-electron chi connectivity index (χ0n) is 10.5. The average Bonchev–Trinajstić information content (AvgIpc) is 2.45. The van der Waals surface area contributed by atoms with Gasteiger partial charge in [-0.1, -0.05) is 0 Å². The number of nitrogens with zero attached hydrogens (tertiary/aromatic N) is 1. The molecule has 0 radical (unpaired) electrons. The summed E-state index contributed by atoms with van der Waals surface area (Å²) in [7, 11) is 1.59. The summed E-state index contributed by atoms with van der Waals surface area (Å²) in [6, 6.07) is 7.31. The van der Waals surface area contributed by atoms with Gasteiger partial charge in [0.05, 0.1) is 18.8 Å². The zero-order valence-corrected chi connectivity index (χ0v) is 10.5. The largest absolute Gasteiger partial charge is 0.497 e. The Balaban J connectivity index is 2.00. The molecule has 1 aliphatic rings. The second-order valence-corrected chi connectivity index (χ2v) is 4.27. The number of nitriles is 1. The highest BCUT2D eigenvalue weighted by atomic mass is 16.5. The molecule has 4 nitrogen and oxygen atoms in total. The Labute approximate surface area is 107 Å². The summed E-state index contributed by atoms with van der Waals surface area (Å²) < 4.78 is 16.4. The van der Waals surface area contributed by atoms with Gasteiger partial charge < -0.3 is 14.2 Å². The molecular formula is C14H17NO3. The van der Waals surface area contributed by atoms with Gasteiger partial charge in [0.25, 0.3) is 0 Å². The molecule has 2 rings (SSSR count). The Morgan fingerprint density at radius 1 is 1.44 bits per heavy atom. The first kappa shape index (κ1) is 12.7. The van der Waals surface area contributed by atoms with E-state index in [4.69, 9.17) is 19.5 Å². The predicted molar refractivity (Wildman–Crippen MR) is 66.8 cm³/mol. The van der Waals surface area contributed by atoms with Crippen LogP contribution in [-0.4, -0.2) is 26.4 Å². The second-order valence-electron chi connectivity index (χ2n) is 4.27. The predicted octanol–water partition coefficient (Wildman–Crippen LogP) is 2.51. The molecule has 1 unspecified atom stereocenters. The summed E-state index contributed by atoms with van der Waals surface area (Å²) in [6.07, 6.45) is 3.46. The van der Waals surface area contributed by atoms with Crippen molar-refractivity contribution in [3.05, 3.63) is 23.8 Å². The lowest BCUT2D eigenvalue weighted by Crippen LogP contribution is -2.25. The maximum Gasteiger partial charge on any atom is 0.140 e. The fourth-order valence-corrected chi connectivity index (χ4v) is 1.96. The number of hydrogen-bond acceptors (Lipinski definition) is 4. The van der Waals surface area contributed by atoms with Crippen molar-refractivity contribution in [3.8, 4) is 17.6 Å². The van der Waals surface area contributed by atoms with Gasteiger partial charge in [0.15, 0.2) is 0 Å². The Bertz CT molecular complexity index is 433. The van der Waals surface area contributed by atoms with Crippen molar-refractivity contribution in [1.82, 2.24) is 0 Å². The molecule has 18 heavy (non-hydrogen) atoms. The van der Waals surface area contributed by atoms with Crippen molar-refractivity contribution in [3.63, 3.8) is 0 Å². The van der Waals surface area contributed by atoms with Crippen LogP contribution in [-0.2, 0) is 4.74 Å². The third kappa shape index (κ3) is 3.14. The van der Waals surface area contributed by atoms with Gasteiger partial charge in [-0.15, -0.1) is 0 Å².